The fourth-order valence-electron chi connectivity index (χ4n) is 1.12. The molecular weight excluding hydrogens is 148 g/mol. The van der Waals surface area contributed by atoms with Crippen LogP contribution in [0, 0.1) is 0 Å². The van der Waals surface area contributed by atoms with Crippen molar-refractivity contribution in [3.8, 4) is 0 Å². The molecule has 0 aromatic heterocycles. The molecule has 70 valence electrons. The predicted molar refractivity (Wildman–Crippen MR) is 44.9 cm³/mol. The van der Waals surface area contributed by atoms with Gasteiger partial charge in [-0.1, -0.05) is 20.3 Å². The summed E-state index contributed by atoms with van der Waals surface area (Å²) in [5.74, 6) is -2.59. The summed E-state index contributed by atoms with van der Waals surface area (Å²) in [5.41, 5.74) is 5.16. The maximum Gasteiger partial charge on any atom is 0.262 e. The number of rotatable bonds is 0. The third-order valence-corrected chi connectivity index (χ3v) is 1.82. The molecule has 1 nitrogen and oxygen atoms in total. The highest BCUT2D eigenvalue weighted by Gasteiger charge is 2.38. The molecule has 1 aliphatic carbocycles. The second-order valence-corrected chi connectivity index (χ2v) is 2.61. The van der Waals surface area contributed by atoms with Gasteiger partial charge in [-0.2, -0.15) is 0 Å². The molecule has 0 aromatic carbocycles. The fourth-order valence-corrected chi connectivity index (χ4v) is 1.12. The average Bonchev–Trinajstić information content (AvgIpc) is 2.00. The van der Waals surface area contributed by atoms with Crippen molar-refractivity contribution < 1.29 is 10.2 Å². The fraction of sp³-hybridized carbons (Fsp3) is 1.00. The molecule has 1 rings (SSSR count). The summed E-state index contributed by atoms with van der Waals surface area (Å²) in [6.07, 6.45) is 1.94. The molecule has 0 radical (unpaired) electrons. The van der Waals surface area contributed by atoms with Crippen molar-refractivity contribution >= 4 is 0 Å². The van der Waals surface area contributed by atoms with Crippen molar-refractivity contribution in [2.75, 3.05) is 0 Å². The van der Waals surface area contributed by atoms with E-state index in [1.807, 2.05) is 13.8 Å². The zero-order valence-corrected chi connectivity index (χ0v) is 7.24. The van der Waals surface area contributed by atoms with Gasteiger partial charge in [-0.3, -0.25) is 0 Å². The molecule has 0 aromatic rings. The second-order valence-electron chi connectivity index (χ2n) is 2.61. The second kappa shape index (κ2) is 4.65. The smallest absolute Gasteiger partial charge is 0.262 e. The first-order chi connectivity index (χ1) is 5.13. The van der Waals surface area contributed by atoms with Gasteiger partial charge in [0, 0.05) is 7.85 Å². The molecule has 2 N–H and O–H groups in total. The van der Waals surface area contributed by atoms with Crippen molar-refractivity contribution in [1.29, 1.82) is 0 Å². The van der Waals surface area contributed by atoms with Gasteiger partial charge in [0.05, 0.1) is 6.04 Å². The Morgan fingerprint density at radius 1 is 1.36 bits per heavy atom. The van der Waals surface area contributed by atoms with Crippen LogP contribution in [0.3, 0.4) is 0 Å². The highest BCUT2D eigenvalue weighted by molar-refractivity contribution is 4.84. The van der Waals surface area contributed by atoms with E-state index in [-0.39, 0.29) is 7.85 Å². The van der Waals surface area contributed by atoms with Crippen molar-refractivity contribution in [1.82, 2.24) is 0 Å². The lowest BCUT2D eigenvalue weighted by atomic mass is 9.92. The largest absolute Gasteiger partial charge is 0.323 e. The van der Waals surface area contributed by atoms with E-state index in [1.165, 1.54) is 0 Å². The first kappa shape index (κ1) is 10.8. The van der Waals surface area contributed by atoms with Gasteiger partial charge in [-0.05, 0) is 12.8 Å². The molecule has 11 heavy (non-hydrogen) atoms. The molecule has 1 saturated carbocycles. The minimum absolute atomic E-state index is 0. The molecule has 0 saturated heterocycles. The quantitative estimate of drug-likeness (QED) is 0.590. The zero-order valence-electron chi connectivity index (χ0n) is 7.24. The van der Waals surface area contributed by atoms with Gasteiger partial charge in [-0.15, -0.1) is 0 Å². The number of halogens is 2. The lowest BCUT2D eigenvalue weighted by molar-refractivity contribution is -0.0514. The van der Waals surface area contributed by atoms with Crippen LogP contribution in [0.4, 0.5) is 8.78 Å². The van der Waals surface area contributed by atoms with E-state index in [2.05, 4.69) is 0 Å². The van der Waals surface area contributed by atoms with E-state index in [0.717, 1.165) is 6.42 Å². The van der Waals surface area contributed by atoms with E-state index in [4.69, 9.17) is 5.73 Å². The molecule has 0 amide bonds. The van der Waals surface area contributed by atoms with Crippen LogP contribution in [0.15, 0.2) is 0 Å². The van der Waals surface area contributed by atoms with Gasteiger partial charge >= 0.3 is 0 Å². The van der Waals surface area contributed by atoms with Crippen molar-refractivity contribution in [3.63, 3.8) is 0 Å². The Balaban J connectivity index is 0. The molecule has 1 fully saturated rings. The van der Waals surface area contributed by atoms with Crippen LogP contribution in [0.5, 0.6) is 0 Å². The van der Waals surface area contributed by atoms with E-state index >= 15 is 0 Å². The van der Waals surface area contributed by atoms with E-state index in [1.54, 1.807) is 0 Å². The number of nitrogens with two attached hydrogens (primary N) is 1. The maximum absolute atomic E-state index is 12.5. The van der Waals surface area contributed by atoms with Crippen molar-refractivity contribution in [2.45, 2.75) is 51.5 Å². The summed E-state index contributed by atoms with van der Waals surface area (Å²) in [7, 11) is 0. The van der Waals surface area contributed by atoms with Crippen LogP contribution in [-0.4, -0.2) is 12.0 Å². The molecule has 0 spiro atoms. The highest BCUT2D eigenvalue weighted by atomic mass is 19.3. The van der Waals surface area contributed by atoms with Crippen LogP contribution in [0.25, 0.3) is 0 Å². The summed E-state index contributed by atoms with van der Waals surface area (Å²) in [6, 6.07) is -0.883. The molecule has 3 heteroatoms. The summed E-state index contributed by atoms with van der Waals surface area (Å²) in [4.78, 5) is 0. The van der Waals surface area contributed by atoms with Gasteiger partial charge in [0.2, 0.25) is 0 Å². The molecule has 0 aliphatic heterocycles. The maximum atomic E-state index is 12.5. The first-order valence-corrected chi connectivity index (χ1v) is 4.26. The summed E-state index contributed by atoms with van der Waals surface area (Å²) in [6.45, 7) is 4.00. The normalized spacial score (nSPS) is 28.6. The average molecular weight is 167 g/mol. The molecule has 0 heterocycles. The highest BCUT2D eigenvalue weighted by Crippen LogP contribution is 2.31. The van der Waals surface area contributed by atoms with Crippen LogP contribution >= 0.6 is 0 Å². The molecular formula is C8H19F2N. The molecule has 1 atom stereocenters. The molecule has 0 unspecified atom stereocenters. The Labute approximate surface area is 68.4 Å². The lowest BCUT2D eigenvalue weighted by Gasteiger charge is -2.27. The Kier molecular flexibility index (Phi) is 4.57. The summed E-state index contributed by atoms with van der Waals surface area (Å²) < 4.78 is 24.9. The van der Waals surface area contributed by atoms with E-state index < -0.39 is 12.0 Å². The Hall–Kier alpha value is -0.180. The van der Waals surface area contributed by atoms with Crippen LogP contribution in [0.1, 0.15) is 41.0 Å². The number of hydrogen-bond donors (Lipinski definition) is 1. The minimum atomic E-state index is -2.59. The SMILES string of the molecule is CC.N[C@@H]1CCCCC1(F)F.[HH]. The number of hydrogen-bond acceptors (Lipinski definition) is 1. The van der Waals surface area contributed by atoms with Gasteiger partial charge in [0.25, 0.3) is 5.92 Å². The van der Waals surface area contributed by atoms with Gasteiger partial charge in [0.15, 0.2) is 0 Å². The Bertz CT molecular complexity index is 109. The summed E-state index contributed by atoms with van der Waals surface area (Å²) in [5, 5.41) is 0. The van der Waals surface area contributed by atoms with Gasteiger partial charge < -0.3 is 5.73 Å². The van der Waals surface area contributed by atoms with Crippen molar-refractivity contribution in [2.24, 2.45) is 5.73 Å². The van der Waals surface area contributed by atoms with Gasteiger partial charge in [-0.25, -0.2) is 8.78 Å². The predicted octanol–water partition coefficient (Wildman–Crippen LogP) is 2.80. The first-order valence-electron chi connectivity index (χ1n) is 4.26. The minimum Gasteiger partial charge on any atom is -0.323 e. The Morgan fingerprint density at radius 2 is 1.91 bits per heavy atom. The zero-order chi connectivity index (χ0) is 8.91. The van der Waals surface area contributed by atoms with Crippen LogP contribution in [-0.2, 0) is 0 Å². The summed E-state index contributed by atoms with van der Waals surface area (Å²) >= 11 is 0. The van der Waals surface area contributed by atoms with E-state index in [9.17, 15) is 8.78 Å². The van der Waals surface area contributed by atoms with E-state index in [0.29, 0.717) is 12.8 Å². The third-order valence-electron chi connectivity index (χ3n) is 1.82. The molecule has 1 aliphatic rings. The third kappa shape index (κ3) is 3.14. The number of alkyl halides is 2. The topological polar surface area (TPSA) is 26.0 Å². The Morgan fingerprint density at radius 3 is 2.18 bits per heavy atom. The van der Waals surface area contributed by atoms with Crippen LogP contribution < -0.4 is 5.73 Å². The molecule has 0 bridgehead atoms. The van der Waals surface area contributed by atoms with Crippen LogP contribution in [0.2, 0.25) is 0 Å². The van der Waals surface area contributed by atoms with Gasteiger partial charge in [0.1, 0.15) is 0 Å². The standard InChI is InChI=1S/C6H11F2N.C2H6.H2/c7-6(8)4-2-1-3-5(6)9;1-2;/h5H,1-4,9H2;1-2H3;1H/t5-;;/m1../s1. The van der Waals surface area contributed by atoms with Crippen molar-refractivity contribution in [3.05, 3.63) is 0 Å². The monoisotopic (exact) mass is 167 g/mol. The lowest BCUT2D eigenvalue weighted by Crippen LogP contribution is -2.43.